The molecule has 0 saturated carbocycles. The third-order valence-corrected chi connectivity index (χ3v) is 3.89. The average Bonchev–Trinajstić information content (AvgIpc) is 2.38. The fourth-order valence-electron chi connectivity index (χ4n) is 2.13. The highest BCUT2D eigenvalue weighted by atomic mass is 79.9. The molecule has 0 spiro atoms. The van der Waals surface area contributed by atoms with E-state index in [1.54, 1.807) is 0 Å². The van der Waals surface area contributed by atoms with Crippen LogP contribution in [0.4, 0.5) is 5.69 Å². The SMILES string of the molecule is Cc1cccc(CN(C)c2ccc([C@H](C)N)cc2Br)n1. The minimum Gasteiger partial charge on any atom is -0.368 e. The van der Waals surface area contributed by atoms with E-state index >= 15 is 0 Å². The summed E-state index contributed by atoms with van der Waals surface area (Å²) in [4.78, 5) is 6.71. The van der Waals surface area contributed by atoms with E-state index in [2.05, 4.69) is 51.1 Å². The zero-order valence-corrected chi connectivity index (χ0v) is 13.7. The minimum absolute atomic E-state index is 0.0455. The lowest BCUT2D eigenvalue weighted by molar-refractivity contribution is 0.815. The number of hydrogen-bond acceptors (Lipinski definition) is 3. The van der Waals surface area contributed by atoms with Crippen molar-refractivity contribution in [3.05, 3.63) is 57.8 Å². The lowest BCUT2D eigenvalue weighted by atomic mass is 10.1. The first-order valence-corrected chi connectivity index (χ1v) is 7.45. The number of aryl methyl sites for hydroxylation is 1. The van der Waals surface area contributed by atoms with Gasteiger partial charge in [0.1, 0.15) is 0 Å². The zero-order chi connectivity index (χ0) is 14.7. The van der Waals surface area contributed by atoms with Gasteiger partial charge < -0.3 is 10.6 Å². The van der Waals surface area contributed by atoms with E-state index in [0.29, 0.717) is 0 Å². The molecule has 0 amide bonds. The van der Waals surface area contributed by atoms with Crippen LogP contribution >= 0.6 is 15.9 Å². The Morgan fingerprint density at radius 1 is 1.30 bits per heavy atom. The molecule has 1 aromatic heterocycles. The number of anilines is 1. The molecule has 0 fully saturated rings. The number of aromatic nitrogens is 1. The zero-order valence-electron chi connectivity index (χ0n) is 12.1. The summed E-state index contributed by atoms with van der Waals surface area (Å²) in [7, 11) is 2.07. The maximum atomic E-state index is 5.90. The van der Waals surface area contributed by atoms with E-state index in [4.69, 9.17) is 5.73 Å². The second-order valence-corrected chi connectivity index (χ2v) is 5.98. The topological polar surface area (TPSA) is 42.1 Å². The Morgan fingerprint density at radius 3 is 2.65 bits per heavy atom. The van der Waals surface area contributed by atoms with Gasteiger partial charge in [-0.2, -0.15) is 0 Å². The van der Waals surface area contributed by atoms with Gasteiger partial charge in [0.05, 0.1) is 17.9 Å². The van der Waals surface area contributed by atoms with Crippen molar-refractivity contribution < 1.29 is 0 Å². The van der Waals surface area contributed by atoms with E-state index < -0.39 is 0 Å². The highest BCUT2D eigenvalue weighted by Crippen LogP contribution is 2.29. The third-order valence-electron chi connectivity index (χ3n) is 3.25. The highest BCUT2D eigenvalue weighted by Gasteiger charge is 2.09. The summed E-state index contributed by atoms with van der Waals surface area (Å²) in [5.41, 5.74) is 10.3. The van der Waals surface area contributed by atoms with Crippen LogP contribution in [0.1, 0.15) is 29.9 Å². The summed E-state index contributed by atoms with van der Waals surface area (Å²) < 4.78 is 1.06. The van der Waals surface area contributed by atoms with Crippen LogP contribution in [0.15, 0.2) is 40.9 Å². The maximum Gasteiger partial charge on any atom is 0.0600 e. The monoisotopic (exact) mass is 333 g/mol. The maximum absolute atomic E-state index is 5.90. The van der Waals surface area contributed by atoms with Crippen LogP contribution in [0.25, 0.3) is 0 Å². The van der Waals surface area contributed by atoms with Gasteiger partial charge >= 0.3 is 0 Å². The van der Waals surface area contributed by atoms with E-state index in [9.17, 15) is 0 Å². The number of halogens is 1. The standard InChI is InChI=1S/C16H20BrN3/c1-11-5-4-6-14(19-11)10-20(3)16-8-7-13(12(2)18)9-15(16)17/h4-9,12H,10,18H2,1-3H3/t12-/m0/s1. The van der Waals surface area contributed by atoms with Gasteiger partial charge in [0.15, 0.2) is 0 Å². The molecule has 0 radical (unpaired) electrons. The summed E-state index contributed by atoms with van der Waals surface area (Å²) in [5.74, 6) is 0. The quantitative estimate of drug-likeness (QED) is 0.925. The average molecular weight is 334 g/mol. The molecule has 0 bridgehead atoms. The summed E-state index contributed by atoms with van der Waals surface area (Å²) in [6.45, 7) is 4.77. The molecule has 3 nitrogen and oxygen atoms in total. The molecular weight excluding hydrogens is 314 g/mol. The van der Waals surface area contributed by atoms with Gasteiger partial charge in [-0.05, 0) is 59.6 Å². The molecular formula is C16H20BrN3. The molecule has 0 aliphatic heterocycles. The van der Waals surface area contributed by atoms with Crippen molar-refractivity contribution >= 4 is 21.6 Å². The van der Waals surface area contributed by atoms with Gasteiger partial charge in [0.25, 0.3) is 0 Å². The van der Waals surface area contributed by atoms with E-state index in [0.717, 1.165) is 33.7 Å². The predicted octanol–water partition coefficient (Wildman–Crippen LogP) is 3.81. The lowest BCUT2D eigenvalue weighted by Gasteiger charge is -2.21. The van der Waals surface area contributed by atoms with Gasteiger partial charge in [0.2, 0.25) is 0 Å². The molecule has 106 valence electrons. The number of benzene rings is 1. The summed E-state index contributed by atoms with van der Waals surface area (Å²) in [6, 6.07) is 12.4. The van der Waals surface area contributed by atoms with Crippen LogP contribution in [-0.4, -0.2) is 12.0 Å². The molecule has 1 heterocycles. The van der Waals surface area contributed by atoms with Gasteiger partial charge in [0, 0.05) is 23.3 Å². The molecule has 0 aliphatic carbocycles. The number of rotatable bonds is 4. The molecule has 2 aromatic rings. The normalized spacial score (nSPS) is 12.2. The molecule has 20 heavy (non-hydrogen) atoms. The second kappa shape index (κ2) is 6.37. The van der Waals surface area contributed by atoms with E-state index in [1.807, 2.05) is 32.0 Å². The van der Waals surface area contributed by atoms with Crippen molar-refractivity contribution in [3.8, 4) is 0 Å². The Hall–Kier alpha value is -1.39. The Labute approximate surface area is 129 Å². The fraction of sp³-hybridized carbons (Fsp3) is 0.312. The minimum atomic E-state index is 0.0455. The number of pyridine rings is 1. The van der Waals surface area contributed by atoms with Crippen molar-refractivity contribution in [2.45, 2.75) is 26.4 Å². The molecule has 4 heteroatoms. The van der Waals surface area contributed by atoms with Gasteiger partial charge in [-0.3, -0.25) is 4.98 Å². The predicted molar refractivity (Wildman–Crippen MR) is 87.8 cm³/mol. The molecule has 0 aliphatic rings. The second-order valence-electron chi connectivity index (χ2n) is 5.13. The third kappa shape index (κ3) is 3.58. The van der Waals surface area contributed by atoms with Gasteiger partial charge in [-0.1, -0.05) is 12.1 Å². The van der Waals surface area contributed by atoms with Gasteiger partial charge in [-0.25, -0.2) is 0 Å². The van der Waals surface area contributed by atoms with Crippen molar-refractivity contribution in [2.75, 3.05) is 11.9 Å². The lowest BCUT2D eigenvalue weighted by Crippen LogP contribution is -2.18. The van der Waals surface area contributed by atoms with Crippen LogP contribution in [0.2, 0.25) is 0 Å². The first-order valence-electron chi connectivity index (χ1n) is 6.66. The van der Waals surface area contributed by atoms with Crippen molar-refractivity contribution in [1.82, 2.24) is 4.98 Å². The number of nitrogens with two attached hydrogens (primary N) is 1. The number of hydrogen-bond donors (Lipinski definition) is 1. The Kier molecular flexibility index (Phi) is 4.78. The summed E-state index contributed by atoms with van der Waals surface area (Å²) in [5, 5.41) is 0. The molecule has 1 aromatic carbocycles. The highest BCUT2D eigenvalue weighted by molar-refractivity contribution is 9.10. The largest absolute Gasteiger partial charge is 0.368 e. The fourth-order valence-corrected chi connectivity index (χ4v) is 2.83. The van der Waals surface area contributed by atoms with Crippen molar-refractivity contribution in [3.63, 3.8) is 0 Å². The van der Waals surface area contributed by atoms with Crippen LogP contribution < -0.4 is 10.6 Å². The van der Waals surface area contributed by atoms with E-state index in [1.165, 1.54) is 0 Å². The van der Waals surface area contributed by atoms with Crippen LogP contribution in [0, 0.1) is 6.92 Å². The molecule has 2 rings (SSSR count). The Morgan fingerprint density at radius 2 is 2.05 bits per heavy atom. The smallest absolute Gasteiger partial charge is 0.0600 e. The Bertz CT molecular complexity index is 596. The number of nitrogens with zero attached hydrogens (tertiary/aromatic N) is 2. The van der Waals surface area contributed by atoms with Crippen LogP contribution in [0.3, 0.4) is 0 Å². The summed E-state index contributed by atoms with van der Waals surface area (Å²) in [6.07, 6.45) is 0. The van der Waals surface area contributed by atoms with E-state index in [-0.39, 0.29) is 6.04 Å². The van der Waals surface area contributed by atoms with Crippen molar-refractivity contribution in [2.24, 2.45) is 5.73 Å². The van der Waals surface area contributed by atoms with Gasteiger partial charge in [-0.15, -0.1) is 0 Å². The summed E-state index contributed by atoms with van der Waals surface area (Å²) >= 11 is 3.63. The first kappa shape index (κ1) is 15.0. The van der Waals surface area contributed by atoms with Crippen molar-refractivity contribution in [1.29, 1.82) is 0 Å². The molecule has 0 unspecified atom stereocenters. The first-order chi connectivity index (χ1) is 9.47. The van der Waals surface area contributed by atoms with Crippen LogP contribution in [-0.2, 0) is 6.54 Å². The Balaban J connectivity index is 2.19. The van der Waals surface area contributed by atoms with Crippen LogP contribution in [0.5, 0.6) is 0 Å². The molecule has 1 atom stereocenters. The molecule has 0 saturated heterocycles. The molecule has 2 N–H and O–H groups in total.